The number of rotatable bonds is 2. The third-order valence-corrected chi connectivity index (χ3v) is 3.46. The number of fused-ring (bicyclic) bond motifs is 3. The number of nitrogens with one attached hydrogen (secondary N) is 1. The second kappa shape index (κ2) is 4.57. The van der Waals surface area contributed by atoms with Crippen LogP contribution in [0, 0.1) is 0 Å². The van der Waals surface area contributed by atoms with Crippen LogP contribution in [0.25, 0.3) is 10.9 Å². The number of benzene rings is 1. The lowest BCUT2D eigenvalue weighted by Gasteiger charge is -2.14. The molecule has 0 atom stereocenters. The Bertz CT molecular complexity index is 664. The summed E-state index contributed by atoms with van der Waals surface area (Å²) in [5.41, 5.74) is 3.66. The second-order valence-corrected chi connectivity index (χ2v) is 5.18. The van der Waals surface area contributed by atoms with E-state index in [-0.39, 0.29) is 11.9 Å². The van der Waals surface area contributed by atoms with Gasteiger partial charge in [-0.15, -0.1) is 0 Å². The van der Waals surface area contributed by atoms with E-state index >= 15 is 0 Å². The van der Waals surface area contributed by atoms with E-state index in [4.69, 9.17) is 4.74 Å². The van der Waals surface area contributed by atoms with Crippen LogP contribution in [-0.4, -0.2) is 16.9 Å². The van der Waals surface area contributed by atoms with Crippen LogP contribution < -0.4 is 0 Å². The van der Waals surface area contributed by atoms with E-state index < -0.39 is 0 Å². The van der Waals surface area contributed by atoms with Gasteiger partial charge in [-0.3, -0.25) is 4.79 Å². The van der Waals surface area contributed by atoms with Crippen LogP contribution in [0.1, 0.15) is 36.3 Å². The number of aromatic nitrogens is 1. The van der Waals surface area contributed by atoms with E-state index in [0.29, 0.717) is 0 Å². The Balaban J connectivity index is 2.02. The summed E-state index contributed by atoms with van der Waals surface area (Å²) in [6.07, 6.45) is 3.37. The van der Waals surface area contributed by atoms with Gasteiger partial charge in [0.05, 0.1) is 18.1 Å². The van der Waals surface area contributed by atoms with Crippen molar-refractivity contribution < 1.29 is 9.53 Å². The minimum atomic E-state index is 0.0677. The van der Waals surface area contributed by atoms with Crippen molar-refractivity contribution in [3.8, 4) is 0 Å². The highest BCUT2D eigenvalue weighted by molar-refractivity contribution is 6.12. The largest absolute Gasteiger partial charge is 0.498 e. The standard InChI is InChI=1S/C16H17NO2/c1-10(2)19-9-11-7-8-13-12-5-3-4-6-14(12)17-15(13)16(11)18/h3-6,9-10,17H,7-8H2,1-2H3. The molecule has 1 aliphatic carbocycles. The fourth-order valence-corrected chi connectivity index (χ4v) is 2.52. The summed E-state index contributed by atoms with van der Waals surface area (Å²) in [5.74, 6) is 0.0677. The number of ketones is 1. The zero-order chi connectivity index (χ0) is 13.4. The van der Waals surface area contributed by atoms with Gasteiger partial charge in [0, 0.05) is 16.5 Å². The van der Waals surface area contributed by atoms with Crippen LogP contribution in [0.3, 0.4) is 0 Å². The number of para-hydroxylation sites is 1. The van der Waals surface area contributed by atoms with Crippen molar-refractivity contribution in [3.63, 3.8) is 0 Å². The molecule has 19 heavy (non-hydrogen) atoms. The molecule has 0 fully saturated rings. The second-order valence-electron chi connectivity index (χ2n) is 5.18. The van der Waals surface area contributed by atoms with Gasteiger partial charge in [-0.05, 0) is 38.3 Å². The van der Waals surface area contributed by atoms with Crippen molar-refractivity contribution in [1.82, 2.24) is 4.98 Å². The van der Waals surface area contributed by atoms with Crippen molar-refractivity contribution in [3.05, 3.63) is 47.4 Å². The molecule has 1 aromatic carbocycles. The number of allylic oxidation sites excluding steroid dienone is 1. The maximum absolute atomic E-state index is 12.4. The van der Waals surface area contributed by atoms with Crippen molar-refractivity contribution in [2.24, 2.45) is 0 Å². The maximum Gasteiger partial charge on any atom is 0.208 e. The third-order valence-electron chi connectivity index (χ3n) is 3.46. The molecule has 2 aromatic rings. The number of aromatic amines is 1. The Morgan fingerprint density at radius 1 is 1.26 bits per heavy atom. The summed E-state index contributed by atoms with van der Waals surface area (Å²) in [6.45, 7) is 3.91. The highest BCUT2D eigenvalue weighted by Crippen LogP contribution is 2.31. The summed E-state index contributed by atoms with van der Waals surface area (Å²) < 4.78 is 5.44. The van der Waals surface area contributed by atoms with Crippen LogP contribution in [-0.2, 0) is 11.2 Å². The average molecular weight is 255 g/mol. The lowest BCUT2D eigenvalue weighted by atomic mass is 9.91. The van der Waals surface area contributed by atoms with Gasteiger partial charge < -0.3 is 9.72 Å². The number of hydrogen-bond acceptors (Lipinski definition) is 2. The highest BCUT2D eigenvalue weighted by atomic mass is 16.5. The average Bonchev–Trinajstić information content (AvgIpc) is 2.77. The molecule has 1 aliphatic rings. The van der Waals surface area contributed by atoms with Crippen molar-refractivity contribution in [2.75, 3.05) is 0 Å². The SMILES string of the molecule is CC(C)OC=C1CCc2c([nH]c3ccccc23)C1=O. The molecule has 0 amide bonds. The van der Waals surface area contributed by atoms with Crippen molar-refractivity contribution in [1.29, 1.82) is 0 Å². The molecule has 0 saturated heterocycles. The summed E-state index contributed by atoms with van der Waals surface area (Å²) >= 11 is 0. The molecular weight excluding hydrogens is 238 g/mol. The Kier molecular flexibility index (Phi) is 2.90. The number of Topliss-reactive ketones (excluding diaryl/α,β-unsaturated/α-hetero) is 1. The molecule has 1 aromatic heterocycles. The zero-order valence-corrected chi connectivity index (χ0v) is 11.2. The first-order chi connectivity index (χ1) is 9.16. The lowest BCUT2D eigenvalue weighted by molar-refractivity contribution is 0.101. The summed E-state index contributed by atoms with van der Waals surface area (Å²) in [5, 5.41) is 1.16. The zero-order valence-electron chi connectivity index (χ0n) is 11.2. The van der Waals surface area contributed by atoms with Gasteiger partial charge in [0.2, 0.25) is 5.78 Å². The van der Waals surface area contributed by atoms with Crippen LogP contribution >= 0.6 is 0 Å². The summed E-state index contributed by atoms with van der Waals surface area (Å²) in [7, 11) is 0. The molecule has 0 unspecified atom stereocenters. The van der Waals surface area contributed by atoms with E-state index in [1.165, 1.54) is 0 Å². The van der Waals surface area contributed by atoms with Gasteiger partial charge in [0.1, 0.15) is 0 Å². The van der Waals surface area contributed by atoms with Gasteiger partial charge in [-0.1, -0.05) is 18.2 Å². The maximum atomic E-state index is 12.4. The van der Waals surface area contributed by atoms with Gasteiger partial charge in [0.25, 0.3) is 0 Å². The molecule has 0 saturated carbocycles. The van der Waals surface area contributed by atoms with Crippen LogP contribution in [0.15, 0.2) is 36.1 Å². The Morgan fingerprint density at radius 3 is 2.84 bits per heavy atom. The lowest BCUT2D eigenvalue weighted by Crippen LogP contribution is -2.14. The molecule has 1 heterocycles. The molecule has 0 aliphatic heterocycles. The molecule has 1 N–H and O–H groups in total. The molecule has 0 spiro atoms. The number of ether oxygens (including phenoxy) is 1. The normalized spacial score (nSPS) is 17.2. The number of hydrogen-bond donors (Lipinski definition) is 1. The summed E-state index contributed by atoms with van der Waals surface area (Å²) in [6, 6.07) is 8.06. The number of carbonyl (C=O) groups excluding carboxylic acids is 1. The first kappa shape index (κ1) is 12.0. The summed E-state index contributed by atoms with van der Waals surface area (Å²) in [4.78, 5) is 15.7. The first-order valence-electron chi connectivity index (χ1n) is 6.65. The first-order valence-corrected chi connectivity index (χ1v) is 6.65. The molecule has 3 heteroatoms. The fraction of sp³-hybridized carbons (Fsp3) is 0.312. The van der Waals surface area contributed by atoms with Crippen LogP contribution in [0.2, 0.25) is 0 Å². The molecular formula is C16H17NO2. The van der Waals surface area contributed by atoms with Gasteiger partial charge in [0.15, 0.2) is 0 Å². The minimum Gasteiger partial charge on any atom is -0.498 e. The molecule has 98 valence electrons. The van der Waals surface area contributed by atoms with Gasteiger partial charge in [-0.2, -0.15) is 0 Å². The van der Waals surface area contributed by atoms with Gasteiger partial charge >= 0.3 is 0 Å². The third kappa shape index (κ3) is 2.05. The Labute approximate surface area is 112 Å². The van der Waals surface area contributed by atoms with E-state index in [2.05, 4.69) is 11.1 Å². The Hall–Kier alpha value is -2.03. The van der Waals surface area contributed by atoms with Gasteiger partial charge in [-0.25, -0.2) is 0 Å². The molecule has 3 nitrogen and oxygen atoms in total. The minimum absolute atomic E-state index is 0.0677. The molecule has 3 rings (SSSR count). The van der Waals surface area contributed by atoms with E-state index in [1.807, 2.05) is 32.0 Å². The molecule has 0 bridgehead atoms. The van der Waals surface area contributed by atoms with Crippen LogP contribution in [0.4, 0.5) is 0 Å². The number of aryl methyl sites for hydroxylation is 1. The highest BCUT2D eigenvalue weighted by Gasteiger charge is 2.26. The quantitative estimate of drug-likeness (QED) is 0.658. The number of carbonyl (C=O) groups is 1. The van der Waals surface area contributed by atoms with E-state index in [0.717, 1.165) is 40.6 Å². The topological polar surface area (TPSA) is 42.1 Å². The predicted octanol–water partition coefficient (Wildman–Crippen LogP) is 3.61. The number of H-pyrrole nitrogens is 1. The monoisotopic (exact) mass is 255 g/mol. The van der Waals surface area contributed by atoms with E-state index in [1.54, 1.807) is 6.26 Å². The fourth-order valence-electron chi connectivity index (χ4n) is 2.52. The van der Waals surface area contributed by atoms with Crippen LogP contribution in [0.5, 0.6) is 0 Å². The van der Waals surface area contributed by atoms with E-state index in [9.17, 15) is 4.79 Å². The Morgan fingerprint density at radius 2 is 2.05 bits per heavy atom. The predicted molar refractivity (Wildman–Crippen MR) is 75.3 cm³/mol. The smallest absolute Gasteiger partial charge is 0.208 e. The van der Waals surface area contributed by atoms with Crippen molar-refractivity contribution >= 4 is 16.7 Å². The van der Waals surface area contributed by atoms with Crippen molar-refractivity contribution in [2.45, 2.75) is 32.8 Å². The molecule has 0 radical (unpaired) electrons.